The molecule has 1 saturated carbocycles. The van der Waals surface area contributed by atoms with Gasteiger partial charge >= 0.3 is 0 Å². The molecule has 1 saturated heterocycles. The zero-order valence-corrected chi connectivity index (χ0v) is 13.8. The molecule has 1 aromatic heterocycles. The minimum atomic E-state index is 0.230. The number of amides is 1. The number of benzene rings is 1. The Bertz CT molecular complexity index is 705. The van der Waals surface area contributed by atoms with Gasteiger partial charge in [-0.25, -0.2) is 0 Å². The van der Waals surface area contributed by atoms with E-state index in [2.05, 4.69) is 45.9 Å². The summed E-state index contributed by atoms with van der Waals surface area (Å²) in [6.07, 6.45) is 7.00. The van der Waals surface area contributed by atoms with Crippen LogP contribution in [0.25, 0.3) is 11.1 Å². The van der Waals surface area contributed by atoms with Crippen molar-refractivity contribution in [3.8, 4) is 11.1 Å². The van der Waals surface area contributed by atoms with Crippen molar-refractivity contribution in [1.29, 1.82) is 0 Å². The van der Waals surface area contributed by atoms with Crippen molar-refractivity contribution in [2.45, 2.75) is 25.8 Å². The van der Waals surface area contributed by atoms with E-state index in [1.165, 1.54) is 0 Å². The predicted octanol–water partition coefficient (Wildman–Crippen LogP) is 2.75. The lowest BCUT2D eigenvalue weighted by Gasteiger charge is -2.23. The molecule has 4 nitrogen and oxygen atoms in total. The third-order valence-electron chi connectivity index (χ3n) is 5.52. The van der Waals surface area contributed by atoms with E-state index in [0.29, 0.717) is 12.0 Å². The standard InChI is InChI=1S/C20H23N3O/c24-19(18-12-20(18)7-10-21-11-8-20)23-13-15-3-5-16(6-4-15)17-2-1-9-22-14-17/h1-6,9,14,18,21H,7-8,10-13H2,(H,23,24). The second-order valence-corrected chi connectivity index (χ2v) is 7.03. The molecular weight excluding hydrogens is 298 g/mol. The molecule has 2 N–H and O–H groups in total. The fourth-order valence-corrected chi connectivity index (χ4v) is 3.86. The van der Waals surface area contributed by atoms with Crippen LogP contribution in [0.5, 0.6) is 0 Å². The molecule has 2 heterocycles. The third kappa shape index (κ3) is 3.06. The van der Waals surface area contributed by atoms with Gasteiger partial charge in [0.2, 0.25) is 5.91 Å². The molecule has 4 rings (SSSR count). The first kappa shape index (κ1) is 15.3. The third-order valence-corrected chi connectivity index (χ3v) is 5.52. The number of carbonyl (C=O) groups is 1. The smallest absolute Gasteiger partial charge is 0.223 e. The summed E-state index contributed by atoms with van der Waals surface area (Å²) in [6.45, 7) is 2.72. The second kappa shape index (κ2) is 6.36. The number of carbonyl (C=O) groups excluding carboxylic acids is 1. The number of hydrogen-bond donors (Lipinski definition) is 2. The Morgan fingerprint density at radius 2 is 1.96 bits per heavy atom. The normalized spacial score (nSPS) is 21.4. The van der Waals surface area contributed by atoms with Crippen LogP contribution in [0.2, 0.25) is 0 Å². The molecule has 0 bridgehead atoms. The molecule has 1 aromatic carbocycles. The molecular formula is C20H23N3O. The van der Waals surface area contributed by atoms with Crippen LogP contribution in [0.15, 0.2) is 48.8 Å². The first-order chi connectivity index (χ1) is 11.8. The Morgan fingerprint density at radius 1 is 1.17 bits per heavy atom. The van der Waals surface area contributed by atoms with Gasteiger partial charge in [0.25, 0.3) is 0 Å². The van der Waals surface area contributed by atoms with Crippen LogP contribution in [-0.2, 0) is 11.3 Å². The number of aromatic nitrogens is 1. The molecule has 1 atom stereocenters. The van der Waals surface area contributed by atoms with Crippen LogP contribution in [0.1, 0.15) is 24.8 Å². The maximum Gasteiger partial charge on any atom is 0.223 e. The molecule has 1 spiro atoms. The van der Waals surface area contributed by atoms with E-state index in [4.69, 9.17) is 0 Å². The molecule has 24 heavy (non-hydrogen) atoms. The molecule has 1 aliphatic heterocycles. The van der Waals surface area contributed by atoms with Crippen molar-refractivity contribution >= 4 is 5.91 Å². The lowest BCUT2D eigenvalue weighted by molar-refractivity contribution is -0.123. The largest absolute Gasteiger partial charge is 0.352 e. The van der Waals surface area contributed by atoms with Gasteiger partial charge in [0.05, 0.1) is 0 Å². The predicted molar refractivity (Wildman–Crippen MR) is 94.2 cm³/mol. The molecule has 124 valence electrons. The highest BCUT2D eigenvalue weighted by molar-refractivity contribution is 5.82. The highest BCUT2D eigenvalue weighted by Crippen LogP contribution is 2.58. The highest BCUT2D eigenvalue weighted by atomic mass is 16.2. The van der Waals surface area contributed by atoms with Gasteiger partial charge in [-0.15, -0.1) is 0 Å². The summed E-state index contributed by atoms with van der Waals surface area (Å²) in [5.41, 5.74) is 3.70. The molecule has 2 fully saturated rings. The van der Waals surface area contributed by atoms with E-state index in [9.17, 15) is 4.79 Å². The van der Waals surface area contributed by atoms with Gasteiger partial charge in [0, 0.05) is 24.9 Å². The van der Waals surface area contributed by atoms with Crippen molar-refractivity contribution in [2.24, 2.45) is 11.3 Å². The van der Waals surface area contributed by atoms with Gasteiger partial charge in [-0.1, -0.05) is 30.3 Å². The van der Waals surface area contributed by atoms with Crippen molar-refractivity contribution < 1.29 is 4.79 Å². The average molecular weight is 321 g/mol. The first-order valence-corrected chi connectivity index (χ1v) is 8.75. The molecule has 4 heteroatoms. The number of piperidine rings is 1. The van der Waals surface area contributed by atoms with Crippen LogP contribution >= 0.6 is 0 Å². The van der Waals surface area contributed by atoms with Gasteiger partial charge in [-0.05, 0) is 60.5 Å². The van der Waals surface area contributed by atoms with E-state index in [1.54, 1.807) is 6.20 Å². The fourth-order valence-electron chi connectivity index (χ4n) is 3.86. The maximum atomic E-state index is 12.4. The van der Waals surface area contributed by atoms with Crippen LogP contribution in [-0.4, -0.2) is 24.0 Å². The Morgan fingerprint density at radius 3 is 2.67 bits per heavy atom. The Labute approximate surface area is 142 Å². The lowest BCUT2D eigenvalue weighted by Crippen LogP contribution is -2.33. The average Bonchev–Trinajstić information content (AvgIpc) is 3.34. The van der Waals surface area contributed by atoms with E-state index in [-0.39, 0.29) is 11.8 Å². The van der Waals surface area contributed by atoms with Crippen molar-refractivity contribution in [3.05, 3.63) is 54.4 Å². The molecule has 2 aromatic rings. The van der Waals surface area contributed by atoms with Gasteiger partial charge in [0.15, 0.2) is 0 Å². The summed E-state index contributed by atoms with van der Waals surface area (Å²) >= 11 is 0. The minimum absolute atomic E-state index is 0.230. The molecule has 1 amide bonds. The summed E-state index contributed by atoms with van der Waals surface area (Å²) in [4.78, 5) is 16.6. The van der Waals surface area contributed by atoms with Crippen LogP contribution < -0.4 is 10.6 Å². The summed E-state index contributed by atoms with van der Waals surface area (Å²) in [5.74, 6) is 0.461. The van der Waals surface area contributed by atoms with Crippen molar-refractivity contribution in [3.63, 3.8) is 0 Å². The topological polar surface area (TPSA) is 54.0 Å². The Kier molecular flexibility index (Phi) is 4.07. The van der Waals surface area contributed by atoms with Gasteiger partial charge in [0.1, 0.15) is 0 Å². The molecule has 2 aliphatic rings. The summed E-state index contributed by atoms with van der Waals surface area (Å²) in [7, 11) is 0. The van der Waals surface area contributed by atoms with E-state index in [0.717, 1.165) is 49.0 Å². The monoisotopic (exact) mass is 321 g/mol. The second-order valence-electron chi connectivity index (χ2n) is 7.03. The van der Waals surface area contributed by atoms with E-state index < -0.39 is 0 Å². The lowest BCUT2D eigenvalue weighted by atomic mass is 9.92. The van der Waals surface area contributed by atoms with Crippen LogP contribution in [0.3, 0.4) is 0 Å². The summed E-state index contributed by atoms with van der Waals surface area (Å²) < 4.78 is 0. The summed E-state index contributed by atoms with van der Waals surface area (Å²) in [6, 6.07) is 12.3. The fraction of sp³-hybridized carbons (Fsp3) is 0.400. The van der Waals surface area contributed by atoms with Crippen molar-refractivity contribution in [2.75, 3.05) is 13.1 Å². The van der Waals surface area contributed by atoms with Gasteiger partial charge in [-0.2, -0.15) is 0 Å². The van der Waals surface area contributed by atoms with Gasteiger partial charge in [-0.3, -0.25) is 9.78 Å². The molecule has 1 aliphatic carbocycles. The number of hydrogen-bond acceptors (Lipinski definition) is 3. The highest BCUT2D eigenvalue weighted by Gasteiger charge is 2.57. The molecule has 0 radical (unpaired) electrons. The van der Waals surface area contributed by atoms with E-state index in [1.807, 2.05) is 12.3 Å². The number of nitrogens with one attached hydrogen (secondary N) is 2. The SMILES string of the molecule is O=C(NCc1ccc(-c2cccnc2)cc1)C1CC12CCNCC2. The Hall–Kier alpha value is -2.20. The minimum Gasteiger partial charge on any atom is -0.352 e. The number of nitrogens with zero attached hydrogens (tertiary/aromatic N) is 1. The Balaban J connectivity index is 1.32. The van der Waals surface area contributed by atoms with Gasteiger partial charge < -0.3 is 10.6 Å². The number of pyridine rings is 1. The molecule has 1 unspecified atom stereocenters. The summed E-state index contributed by atoms with van der Waals surface area (Å²) in [5, 5.41) is 6.50. The van der Waals surface area contributed by atoms with Crippen LogP contribution in [0.4, 0.5) is 0 Å². The maximum absolute atomic E-state index is 12.4. The van der Waals surface area contributed by atoms with Crippen molar-refractivity contribution in [1.82, 2.24) is 15.6 Å². The quantitative estimate of drug-likeness (QED) is 0.910. The number of rotatable bonds is 4. The first-order valence-electron chi connectivity index (χ1n) is 8.75. The van der Waals surface area contributed by atoms with E-state index >= 15 is 0 Å². The van der Waals surface area contributed by atoms with Crippen LogP contribution in [0, 0.1) is 11.3 Å². The zero-order chi connectivity index (χ0) is 16.4. The zero-order valence-electron chi connectivity index (χ0n) is 13.8.